The molecule has 1 amide bonds. The number of amides is 1. The lowest BCUT2D eigenvalue weighted by atomic mass is 10.1. The second kappa shape index (κ2) is 6.50. The van der Waals surface area contributed by atoms with Crippen LogP contribution in [-0.2, 0) is 0 Å². The highest BCUT2D eigenvalue weighted by atomic mass is 79.9. The fraction of sp³-hybridized carbons (Fsp3) is 0.235. The van der Waals surface area contributed by atoms with Crippen molar-refractivity contribution in [1.29, 1.82) is 0 Å². The van der Waals surface area contributed by atoms with Crippen LogP contribution in [0, 0.1) is 0 Å². The standard InChI is InChI=1S/C17H17BrN2O3/c1-3-23-14-9-10(8-12(18)15(14)22-2)16-19-13-7-5-4-6-11(13)17(21)20-16/h4-9,16,19H,3H2,1-2H3,(H,20,21)/t16-/m1/s1. The number of methoxy groups -OCH3 is 1. The molecule has 0 unspecified atom stereocenters. The lowest BCUT2D eigenvalue weighted by Gasteiger charge is -2.28. The number of rotatable bonds is 4. The van der Waals surface area contributed by atoms with E-state index >= 15 is 0 Å². The lowest BCUT2D eigenvalue weighted by Crippen LogP contribution is -2.38. The van der Waals surface area contributed by atoms with Crippen LogP contribution in [0.15, 0.2) is 40.9 Å². The number of anilines is 1. The van der Waals surface area contributed by atoms with Gasteiger partial charge in [-0.05, 0) is 52.7 Å². The summed E-state index contributed by atoms with van der Waals surface area (Å²) in [5, 5.41) is 6.28. The summed E-state index contributed by atoms with van der Waals surface area (Å²) < 4.78 is 11.8. The SMILES string of the molecule is CCOc1cc([C@H]2NC(=O)c3ccccc3N2)cc(Br)c1OC. The number of halogens is 1. The minimum atomic E-state index is -0.334. The minimum absolute atomic E-state index is 0.103. The quantitative estimate of drug-likeness (QED) is 0.853. The van der Waals surface area contributed by atoms with Crippen LogP contribution in [-0.4, -0.2) is 19.6 Å². The van der Waals surface area contributed by atoms with E-state index in [0.717, 1.165) is 15.7 Å². The lowest BCUT2D eigenvalue weighted by molar-refractivity contribution is 0.0935. The molecule has 6 heteroatoms. The predicted octanol–water partition coefficient (Wildman–Crippen LogP) is 3.71. The van der Waals surface area contributed by atoms with E-state index < -0.39 is 0 Å². The van der Waals surface area contributed by atoms with Crippen molar-refractivity contribution in [2.45, 2.75) is 13.1 Å². The molecule has 3 rings (SSSR count). The van der Waals surface area contributed by atoms with Gasteiger partial charge in [0, 0.05) is 5.69 Å². The van der Waals surface area contributed by atoms with E-state index in [4.69, 9.17) is 9.47 Å². The molecule has 1 atom stereocenters. The second-order valence-electron chi connectivity index (χ2n) is 5.06. The molecule has 1 heterocycles. The molecule has 5 nitrogen and oxygen atoms in total. The van der Waals surface area contributed by atoms with Gasteiger partial charge >= 0.3 is 0 Å². The van der Waals surface area contributed by atoms with Gasteiger partial charge in [0.15, 0.2) is 11.5 Å². The summed E-state index contributed by atoms with van der Waals surface area (Å²) in [6, 6.07) is 11.2. The first-order chi connectivity index (χ1) is 11.1. The Labute approximate surface area is 143 Å². The Hall–Kier alpha value is -2.21. The fourth-order valence-corrected chi connectivity index (χ4v) is 3.21. The number of hydrogen-bond donors (Lipinski definition) is 2. The molecule has 1 aliphatic heterocycles. The number of benzene rings is 2. The van der Waals surface area contributed by atoms with Crippen LogP contribution in [0.25, 0.3) is 0 Å². The molecule has 2 aromatic rings. The third-order valence-corrected chi connectivity index (χ3v) is 4.21. The number of fused-ring (bicyclic) bond motifs is 1. The Morgan fingerprint density at radius 1 is 1.22 bits per heavy atom. The Morgan fingerprint density at radius 2 is 2.00 bits per heavy atom. The molecule has 0 fully saturated rings. The number of carbonyl (C=O) groups is 1. The molecule has 0 saturated heterocycles. The Bertz CT molecular complexity index is 749. The molecule has 0 aromatic heterocycles. The monoisotopic (exact) mass is 376 g/mol. The van der Waals surface area contributed by atoms with E-state index in [0.29, 0.717) is 23.7 Å². The van der Waals surface area contributed by atoms with E-state index in [-0.39, 0.29) is 12.1 Å². The number of carbonyl (C=O) groups excluding carboxylic acids is 1. The third kappa shape index (κ3) is 2.99. The van der Waals surface area contributed by atoms with E-state index in [9.17, 15) is 4.79 Å². The molecular weight excluding hydrogens is 360 g/mol. The molecule has 0 bridgehead atoms. The highest BCUT2D eigenvalue weighted by molar-refractivity contribution is 9.10. The maximum atomic E-state index is 12.3. The van der Waals surface area contributed by atoms with Gasteiger partial charge in [-0.2, -0.15) is 0 Å². The smallest absolute Gasteiger partial charge is 0.255 e. The Balaban J connectivity index is 1.98. The molecule has 2 aromatic carbocycles. The van der Waals surface area contributed by atoms with Gasteiger partial charge in [-0.25, -0.2) is 0 Å². The summed E-state index contributed by atoms with van der Waals surface area (Å²) in [4.78, 5) is 12.3. The average Bonchev–Trinajstić information content (AvgIpc) is 2.55. The molecular formula is C17H17BrN2O3. The first-order valence-corrected chi connectivity index (χ1v) is 8.10. The molecule has 0 saturated carbocycles. The summed E-state index contributed by atoms with van der Waals surface area (Å²) >= 11 is 3.50. The van der Waals surface area contributed by atoms with Crippen molar-refractivity contribution in [2.24, 2.45) is 0 Å². The van der Waals surface area contributed by atoms with Crippen molar-refractivity contribution < 1.29 is 14.3 Å². The molecule has 1 aliphatic rings. The van der Waals surface area contributed by atoms with Crippen molar-refractivity contribution in [3.05, 3.63) is 52.0 Å². The van der Waals surface area contributed by atoms with E-state index in [1.807, 2.05) is 37.3 Å². The summed E-state index contributed by atoms with van der Waals surface area (Å²) in [6.07, 6.45) is -0.334. The largest absolute Gasteiger partial charge is 0.492 e. The van der Waals surface area contributed by atoms with Crippen LogP contribution >= 0.6 is 15.9 Å². The predicted molar refractivity (Wildman–Crippen MR) is 92.1 cm³/mol. The first-order valence-electron chi connectivity index (χ1n) is 7.30. The Morgan fingerprint density at radius 3 is 2.74 bits per heavy atom. The van der Waals surface area contributed by atoms with Crippen molar-refractivity contribution in [3.63, 3.8) is 0 Å². The van der Waals surface area contributed by atoms with Crippen molar-refractivity contribution in [2.75, 3.05) is 19.0 Å². The summed E-state index contributed by atoms with van der Waals surface area (Å²) in [5.74, 6) is 1.17. The molecule has 2 N–H and O–H groups in total. The van der Waals surface area contributed by atoms with Gasteiger partial charge in [-0.15, -0.1) is 0 Å². The van der Waals surface area contributed by atoms with Gasteiger partial charge in [-0.1, -0.05) is 12.1 Å². The summed E-state index contributed by atoms with van der Waals surface area (Å²) in [6.45, 7) is 2.44. The first kappa shape index (κ1) is 15.7. The zero-order valence-electron chi connectivity index (χ0n) is 12.9. The van der Waals surface area contributed by atoms with Crippen molar-refractivity contribution in [3.8, 4) is 11.5 Å². The van der Waals surface area contributed by atoms with Gasteiger partial charge < -0.3 is 20.1 Å². The number of para-hydroxylation sites is 1. The highest BCUT2D eigenvalue weighted by Crippen LogP contribution is 2.39. The molecule has 23 heavy (non-hydrogen) atoms. The van der Waals surface area contributed by atoms with Crippen LogP contribution in [0.4, 0.5) is 5.69 Å². The normalized spacial score (nSPS) is 16.1. The summed E-state index contributed by atoms with van der Waals surface area (Å²) in [7, 11) is 1.60. The molecule has 120 valence electrons. The topological polar surface area (TPSA) is 59.6 Å². The van der Waals surface area contributed by atoms with Crippen LogP contribution < -0.4 is 20.1 Å². The van der Waals surface area contributed by atoms with E-state index in [2.05, 4.69) is 26.6 Å². The molecule has 0 radical (unpaired) electrons. The van der Waals surface area contributed by atoms with Gasteiger partial charge in [0.05, 0.1) is 23.8 Å². The summed E-state index contributed by atoms with van der Waals surface area (Å²) in [5.41, 5.74) is 2.33. The maximum absolute atomic E-state index is 12.3. The third-order valence-electron chi connectivity index (χ3n) is 3.62. The van der Waals surface area contributed by atoms with Crippen LogP contribution in [0.3, 0.4) is 0 Å². The van der Waals surface area contributed by atoms with Gasteiger partial charge in [0.25, 0.3) is 5.91 Å². The maximum Gasteiger partial charge on any atom is 0.255 e. The minimum Gasteiger partial charge on any atom is -0.492 e. The van der Waals surface area contributed by atoms with E-state index in [1.54, 1.807) is 13.2 Å². The van der Waals surface area contributed by atoms with Crippen LogP contribution in [0.1, 0.15) is 29.0 Å². The van der Waals surface area contributed by atoms with Crippen LogP contribution in [0.5, 0.6) is 11.5 Å². The number of nitrogens with one attached hydrogen (secondary N) is 2. The van der Waals surface area contributed by atoms with E-state index in [1.165, 1.54) is 0 Å². The second-order valence-corrected chi connectivity index (χ2v) is 5.92. The van der Waals surface area contributed by atoms with Crippen LogP contribution in [0.2, 0.25) is 0 Å². The van der Waals surface area contributed by atoms with Gasteiger partial charge in [0.1, 0.15) is 6.17 Å². The highest BCUT2D eigenvalue weighted by Gasteiger charge is 2.25. The zero-order chi connectivity index (χ0) is 16.4. The number of ether oxygens (including phenoxy) is 2. The van der Waals surface area contributed by atoms with Gasteiger partial charge in [0.2, 0.25) is 0 Å². The number of hydrogen-bond acceptors (Lipinski definition) is 4. The van der Waals surface area contributed by atoms with Gasteiger partial charge in [-0.3, -0.25) is 4.79 Å². The van der Waals surface area contributed by atoms with Crippen molar-refractivity contribution in [1.82, 2.24) is 5.32 Å². The Kier molecular flexibility index (Phi) is 4.43. The molecule has 0 spiro atoms. The molecule has 0 aliphatic carbocycles. The average molecular weight is 377 g/mol. The van der Waals surface area contributed by atoms with Crippen molar-refractivity contribution >= 4 is 27.5 Å². The fourth-order valence-electron chi connectivity index (χ4n) is 2.59. The zero-order valence-corrected chi connectivity index (χ0v) is 14.4.